The van der Waals surface area contributed by atoms with E-state index in [0.29, 0.717) is 6.42 Å². The summed E-state index contributed by atoms with van der Waals surface area (Å²) in [6, 6.07) is -3.62. The maximum Gasteiger partial charge on any atom is 0.326 e. The molecule has 0 radical (unpaired) electrons. The second-order valence-electron chi connectivity index (χ2n) is 8.94. The molecule has 0 fully saturated rings. The third-order valence-electron chi connectivity index (χ3n) is 5.29. The Morgan fingerprint density at radius 2 is 1.10 bits per heavy atom. The molecule has 3 amide bonds. The second-order valence-corrected chi connectivity index (χ2v) is 8.94. The summed E-state index contributed by atoms with van der Waals surface area (Å²) in [7, 11) is 0. The monoisotopic (exact) mass is 428 g/mol. The van der Waals surface area contributed by atoms with E-state index in [2.05, 4.69) is 16.0 Å². The minimum Gasteiger partial charge on any atom is -0.480 e. The van der Waals surface area contributed by atoms with Gasteiger partial charge in [-0.15, -0.1) is 0 Å². The summed E-state index contributed by atoms with van der Waals surface area (Å²) in [6.45, 7) is 14.2. The maximum atomic E-state index is 13.0. The highest BCUT2D eigenvalue weighted by molar-refractivity contribution is 5.94. The fraction of sp³-hybridized carbons (Fsp3) is 0.810. The molecule has 0 aliphatic rings. The smallest absolute Gasteiger partial charge is 0.326 e. The van der Waals surface area contributed by atoms with E-state index < -0.39 is 47.9 Å². The van der Waals surface area contributed by atoms with Crippen molar-refractivity contribution in [2.45, 2.75) is 86.0 Å². The molecule has 0 aromatic heterocycles. The first-order chi connectivity index (χ1) is 13.7. The minimum atomic E-state index is -1.14. The van der Waals surface area contributed by atoms with Crippen LogP contribution in [0.25, 0.3) is 0 Å². The summed E-state index contributed by atoms with van der Waals surface area (Å²) < 4.78 is 0. The number of carbonyl (C=O) groups excluding carboxylic acids is 3. The lowest BCUT2D eigenvalue weighted by Gasteiger charge is -2.30. The van der Waals surface area contributed by atoms with Crippen LogP contribution in [0.5, 0.6) is 0 Å². The van der Waals surface area contributed by atoms with Gasteiger partial charge in [0.1, 0.15) is 18.1 Å². The zero-order valence-corrected chi connectivity index (χ0v) is 19.5. The Hall–Kier alpha value is -2.16. The topological polar surface area (TPSA) is 151 Å². The lowest BCUT2D eigenvalue weighted by molar-refractivity contribution is -0.144. The van der Waals surface area contributed by atoms with Crippen molar-refractivity contribution < 1.29 is 24.3 Å². The van der Waals surface area contributed by atoms with Crippen LogP contribution in [0.3, 0.4) is 0 Å². The zero-order chi connectivity index (χ0) is 23.8. The number of nitrogens with two attached hydrogens (primary N) is 1. The van der Waals surface area contributed by atoms with Gasteiger partial charge in [0.15, 0.2) is 0 Å². The maximum absolute atomic E-state index is 13.0. The Balaban J connectivity index is 5.49. The van der Waals surface area contributed by atoms with Gasteiger partial charge in [-0.2, -0.15) is 0 Å². The molecule has 0 saturated carbocycles. The van der Waals surface area contributed by atoms with Crippen molar-refractivity contribution in [3.05, 3.63) is 0 Å². The molecule has 0 bridgehead atoms. The van der Waals surface area contributed by atoms with Crippen LogP contribution in [-0.2, 0) is 19.2 Å². The number of rotatable bonds is 12. The van der Waals surface area contributed by atoms with Gasteiger partial charge < -0.3 is 26.8 Å². The minimum absolute atomic E-state index is 0.0937. The molecule has 0 heterocycles. The van der Waals surface area contributed by atoms with Crippen LogP contribution in [0.2, 0.25) is 0 Å². The van der Waals surface area contributed by atoms with Crippen molar-refractivity contribution in [1.82, 2.24) is 16.0 Å². The summed E-state index contributed by atoms with van der Waals surface area (Å²) in [6.07, 6.45) is 0.627. The molecule has 0 aromatic rings. The molecule has 0 aliphatic carbocycles. The molecule has 9 heteroatoms. The van der Waals surface area contributed by atoms with Crippen molar-refractivity contribution in [3.8, 4) is 0 Å². The predicted molar refractivity (Wildman–Crippen MR) is 115 cm³/mol. The van der Waals surface area contributed by atoms with Crippen LogP contribution in [0.15, 0.2) is 0 Å². The number of hydrogen-bond donors (Lipinski definition) is 5. The average molecular weight is 429 g/mol. The van der Waals surface area contributed by atoms with Gasteiger partial charge >= 0.3 is 5.97 Å². The Kier molecular flexibility index (Phi) is 11.6. The highest BCUT2D eigenvalue weighted by atomic mass is 16.4. The SMILES string of the molecule is CCC(C)C(NC(=O)C(N)C(C)C)C(=O)NC(C(=O)NC(C(=O)O)C(C)C)C(C)C. The molecule has 6 N–H and O–H groups in total. The Morgan fingerprint density at radius 3 is 1.47 bits per heavy atom. The van der Waals surface area contributed by atoms with E-state index in [9.17, 15) is 24.3 Å². The number of amides is 3. The van der Waals surface area contributed by atoms with Crippen LogP contribution < -0.4 is 21.7 Å². The standard InChI is InChI=1S/C21H40N4O5/c1-9-13(8)17(25-18(26)14(22)10(2)3)20(28)23-15(11(4)5)19(27)24-16(12(6)7)21(29)30/h10-17H,9,22H2,1-8H3,(H,23,28)(H,24,27)(H,25,26)(H,29,30). The molecular weight excluding hydrogens is 388 g/mol. The number of carboxylic acids is 1. The lowest BCUT2D eigenvalue weighted by Crippen LogP contribution is -2.60. The van der Waals surface area contributed by atoms with Gasteiger partial charge in [-0.25, -0.2) is 4.79 Å². The largest absolute Gasteiger partial charge is 0.480 e. The van der Waals surface area contributed by atoms with Gasteiger partial charge in [-0.3, -0.25) is 14.4 Å². The van der Waals surface area contributed by atoms with E-state index >= 15 is 0 Å². The van der Waals surface area contributed by atoms with Gasteiger partial charge in [0.2, 0.25) is 17.7 Å². The number of nitrogens with one attached hydrogen (secondary N) is 3. The highest BCUT2D eigenvalue weighted by Gasteiger charge is 2.34. The third kappa shape index (κ3) is 8.30. The Bertz CT molecular complexity index is 606. The second kappa shape index (κ2) is 12.5. The average Bonchev–Trinajstić information content (AvgIpc) is 2.65. The summed E-state index contributed by atoms with van der Waals surface area (Å²) in [5.41, 5.74) is 5.90. The molecule has 0 aromatic carbocycles. The van der Waals surface area contributed by atoms with Gasteiger partial charge in [0, 0.05) is 0 Å². The number of carboxylic acid groups (broad SMARTS) is 1. The van der Waals surface area contributed by atoms with E-state index in [-0.39, 0.29) is 23.7 Å². The molecule has 0 spiro atoms. The normalized spacial score (nSPS) is 16.5. The van der Waals surface area contributed by atoms with Crippen LogP contribution >= 0.6 is 0 Å². The first-order valence-electron chi connectivity index (χ1n) is 10.6. The summed E-state index contributed by atoms with van der Waals surface area (Å²) in [4.78, 5) is 49.5. The number of hydrogen-bond acceptors (Lipinski definition) is 5. The van der Waals surface area contributed by atoms with Crippen molar-refractivity contribution in [1.29, 1.82) is 0 Å². The van der Waals surface area contributed by atoms with Crippen LogP contribution in [0.4, 0.5) is 0 Å². The van der Waals surface area contributed by atoms with Gasteiger partial charge in [-0.05, 0) is 23.7 Å². The Labute approximate surface area is 179 Å². The first-order valence-corrected chi connectivity index (χ1v) is 10.6. The van der Waals surface area contributed by atoms with Crippen molar-refractivity contribution in [3.63, 3.8) is 0 Å². The van der Waals surface area contributed by atoms with Crippen LogP contribution in [0, 0.1) is 23.7 Å². The number of aliphatic carboxylic acids is 1. The van der Waals surface area contributed by atoms with E-state index in [1.807, 2.05) is 27.7 Å². The lowest BCUT2D eigenvalue weighted by atomic mass is 9.95. The van der Waals surface area contributed by atoms with E-state index in [0.717, 1.165) is 0 Å². The summed E-state index contributed by atoms with van der Waals surface area (Å²) in [5, 5.41) is 17.2. The van der Waals surface area contributed by atoms with Gasteiger partial charge in [0.05, 0.1) is 6.04 Å². The molecule has 5 unspecified atom stereocenters. The molecule has 0 aliphatic heterocycles. The summed E-state index contributed by atoms with van der Waals surface area (Å²) >= 11 is 0. The van der Waals surface area contributed by atoms with E-state index in [1.165, 1.54) is 0 Å². The third-order valence-corrected chi connectivity index (χ3v) is 5.29. The Morgan fingerprint density at radius 1 is 0.700 bits per heavy atom. The molecule has 9 nitrogen and oxygen atoms in total. The predicted octanol–water partition coefficient (Wildman–Crippen LogP) is 0.867. The quantitative estimate of drug-likeness (QED) is 0.311. The highest BCUT2D eigenvalue weighted by Crippen LogP contribution is 2.12. The van der Waals surface area contributed by atoms with Gasteiger partial charge in [-0.1, -0.05) is 61.8 Å². The first kappa shape index (κ1) is 27.8. The molecular formula is C21H40N4O5. The molecule has 174 valence electrons. The van der Waals surface area contributed by atoms with E-state index in [1.54, 1.807) is 27.7 Å². The number of carbonyl (C=O) groups is 4. The van der Waals surface area contributed by atoms with E-state index in [4.69, 9.17) is 5.73 Å². The molecule has 0 saturated heterocycles. The summed E-state index contributed by atoms with van der Waals surface area (Å²) in [5.74, 6) is -3.54. The van der Waals surface area contributed by atoms with Crippen molar-refractivity contribution in [2.24, 2.45) is 29.4 Å². The molecule has 0 rings (SSSR count). The molecule has 30 heavy (non-hydrogen) atoms. The molecule has 5 atom stereocenters. The van der Waals surface area contributed by atoms with Crippen molar-refractivity contribution in [2.75, 3.05) is 0 Å². The van der Waals surface area contributed by atoms with Crippen LogP contribution in [0.1, 0.15) is 61.8 Å². The zero-order valence-electron chi connectivity index (χ0n) is 19.5. The fourth-order valence-electron chi connectivity index (χ4n) is 2.79. The van der Waals surface area contributed by atoms with Crippen LogP contribution in [-0.4, -0.2) is 53.0 Å². The van der Waals surface area contributed by atoms with Crippen molar-refractivity contribution >= 4 is 23.7 Å². The fourth-order valence-corrected chi connectivity index (χ4v) is 2.79. The van der Waals surface area contributed by atoms with Gasteiger partial charge in [0.25, 0.3) is 0 Å².